The first-order valence-corrected chi connectivity index (χ1v) is 4.32. The standard InChI is InChI=1S/C10H9ClO3/c1-13-9-4-2-8(3-5-9)10(12)14-7-6-11/h2-7H,1H3/b7-6-. The minimum atomic E-state index is -0.454. The van der Waals surface area contributed by atoms with Gasteiger partial charge in [-0.1, -0.05) is 11.6 Å². The molecule has 0 aliphatic carbocycles. The van der Waals surface area contributed by atoms with Crippen LogP contribution in [0, 0.1) is 0 Å². The van der Waals surface area contributed by atoms with Crippen LogP contribution in [0.2, 0.25) is 0 Å². The minimum Gasteiger partial charge on any atom is -0.497 e. The van der Waals surface area contributed by atoms with Crippen molar-refractivity contribution in [2.45, 2.75) is 0 Å². The highest BCUT2D eigenvalue weighted by Crippen LogP contribution is 2.12. The fourth-order valence-corrected chi connectivity index (χ4v) is 0.934. The Morgan fingerprint density at radius 2 is 2.00 bits per heavy atom. The van der Waals surface area contributed by atoms with Gasteiger partial charge in [-0.05, 0) is 24.3 Å². The van der Waals surface area contributed by atoms with E-state index in [-0.39, 0.29) is 0 Å². The summed E-state index contributed by atoms with van der Waals surface area (Å²) in [5.74, 6) is 0.235. The van der Waals surface area contributed by atoms with E-state index < -0.39 is 5.97 Å². The smallest absolute Gasteiger partial charge is 0.342 e. The molecule has 0 aliphatic rings. The van der Waals surface area contributed by atoms with Crippen molar-refractivity contribution in [2.24, 2.45) is 0 Å². The van der Waals surface area contributed by atoms with Gasteiger partial charge in [0.1, 0.15) is 12.0 Å². The molecule has 0 saturated heterocycles. The van der Waals surface area contributed by atoms with Gasteiger partial charge < -0.3 is 9.47 Å². The van der Waals surface area contributed by atoms with E-state index in [9.17, 15) is 4.79 Å². The quantitative estimate of drug-likeness (QED) is 0.571. The lowest BCUT2D eigenvalue weighted by atomic mass is 10.2. The van der Waals surface area contributed by atoms with Crippen LogP contribution in [0.15, 0.2) is 36.1 Å². The van der Waals surface area contributed by atoms with Gasteiger partial charge in [0.2, 0.25) is 0 Å². The Bertz CT molecular complexity index is 330. The third-order valence-electron chi connectivity index (χ3n) is 1.55. The number of carbonyl (C=O) groups is 1. The second-order valence-corrected chi connectivity index (χ2v) is 2.65. The Hall–Kier alpha value is -1.48. The lowest BCUT2D eigenvalue weighted by molar-refractivity contribution is 0.0663. The molecule has 0 N–H and O–H groups in total. The first kappa shape index (κ1) is 10.6. The number of methoxy groups -OCH3 is 1. The molecule has 0 fully saturated rings. The molecule has 1 rings (SSSR count). The summed E-state index contributed by atoms with van der Waals surface area (Å²) in [6.07, 6.45) is 1.12. The van der Waals surface area contributed by atoms with Gasteiger partial charge in [0.25, 0.3) is 0 Å². The molecule has 4 heteroatoms. The average Bonchev–Trinajstić information content (AvgIpc) is 2.26. The lowest BCUT2D eigenvalue weighted by Gasteiger charge is -2.01. The summed E-state index contributed by atoms with van der Waals surface area (Å²) in [6, 6.07) is 6.59. The first-order chi connectivity index (χ1) is 6.77. The average molecular weight is 213 g/mol. The van der Waals surface area contributed by atoms with Crippen molar-refractivity contribution in [3.05, 3.63) is 41.6 Å². The summed E-state index contributed by atoms with van der Waals surface area (Å²) >= 11 is 5.20. The second-order valence-electron chi connectivity index (χ2n) is 2.40. The van der Waals surface area contributed by atoms with Crippen molar-refractivity contribution in [2.75, 3.05) is 7.11 Å². The normalized spacial score (nSPS) is 10.1. The van der Waals surface area contributed by atoms with E-state index in [2.05, 4.69) is 4.74 Å². The molecule has 0 atom stereocenters. The summed E-state index contributed by atoms with van der Waals surface area (Å²) in [6.45, 7) is 0. The highest BCUT2D eigenvalue weighted by atomic mass is 35.5. The van der Waals surface area contributed by atoms with E-state index >= 15 is 0 Å². The van der Waals surface area contributed by atoms with Gasteiger partial charge in [-0.2, -0.15) is 0 Å². The summed E-state index contributed by atoms with van der Waals surface area (Å²) in [4.78, 5) is 11.2. The third-order valence-corrected chi connectivity index (χ3v) is 1.66. The van der Waals surface area contributed by atoms with Gasteiger partial charge in [-0.25, -0.2) is 4.79 Å². The van der Waals surface area contributed by atoms with Gasteiger partial charge in [0.05, 0.1) is 12.7 Å². The van der Waals surface area contributed by atoms with Crippen molar-refractivity contribution < 1.29 is 14.3 Å². The second kappa shape index (κ2) is 5.29. The minimum absolute atomic E-state index is 0.445. The highest BCUT2D eigenvalue weighted by molar-refractivity contribution is 6.25. The van der Waals surface area contributed by atoms with Crippen LogP contribution < -0.4 is 4.74 Å². The number of ether oxygens (including phenoxy) is 2. The van der Waals surface area contributed by atoms with Crippen LogP contribution in [0.1, 0.15) is 10.4 Å². The maximum Gasteiger partial charge on any atom is 0.342 e. The van der Waals surface area contributed by atoms with Crippen LogP contribution >= 0.6 is 11.6 Å². The van der Waals surface area contributed by atoms with Crippen molar-refractivity contribution in [1.29, 1.82) is 0 Å². The first-order valence-electron chi connectivity index (χ1n) is 3.88. The Morgan fingerprint density at radius 1 is 1.36 bits per heavy atom. The largest absolute Gasteiger partial charge is 0.497 e. The molecular weight excluding hydrogens is 204 g/mol. The predicted molar refractivity (Wildman–Crippen MR) is 53.4 cm³/mol. The summed E-state index contributed by atoms with van der Waals surface area (Å²) in [5, 5.41) is 0. The Balaban J connectivity index is 2.71. The monoisotopic (exact) mass is 212 g/mol. The van der Waals surface area contributed by atoms with Gasteiger partial charge in [-0.15, -0.1) is 0 Å². The molecule has 0 unspecified atom stereocenters. The van der Waals surface area contributed by atoms with Crippen LogP contribution in [0.3, 0.4) is 0 Å². The fraction of sp³-hybridized carbons (Fsp3) is 0.100. The van der Waals surface area contributed by atoms with Crippen molar-refractivity contribution in [3.8, 4) is 5.75 Å². The maximum atomic E-state index is 11.2. The number of halogens is 1. The molecule has 1 aromatic rings. The van der Waals surface area contributed by atoms with Crippen molar-refractivity contribution in [3.63, 3.8) is 0 Å². The molecule has 0 aromatic heterocycles. The maximum absolute atomic E-state index is 11.2. The molecule has 1 aromatic carbocycles. The van der Waals surface area contributed by atoms with Gasteiger partial charge >= 0.3 is 5.97 Å². The molecule has 14 heavy (non-hydrogen) atoms. The zero-order chi connectivity index (χ0) is 10.4. The van der Waals surface area contributed by atoms with Crippen molar-refractivity contribution >= 4 is 17.6 Å². The molecule has 0 bridgehead atoms. The molecular formula is C10H9ClO3. The van der Waals surface area contributed by atoms with E-state index in [4.69, 9.17) is 16.3 Å². The molecule has 3 nitrogen and oxygen atoms in total. The Morgan fingerprint density at radius 3 is 2.50 bits per heavy atom. The summed E-state index contributed by atoms with van der Waals surface area (Å²) in [7, 11) is 1.56. The van der Waals surface area contributed by atoms with E-state index in [0.717, 1.165) is 11.8 Å². The SMILES string of the molecule is COc1ccc(C(=O)O/C=C\Cl)cc1. The number of hydrogen-bond donors (Lipinski definition) is 0. The fourth-order valence-electron chi connectivity index (χ4n) is 0.883. The highest BCUT2D eigenvalue weighted by Gasteiger charge is 2.04. The topological polar surface area (TPSA) is 35.5 Å². The summed E-state index contributed by atoms with van der Waals surface area (Å²) in [5.41, 5.74) is 1.57. The lowest BCUT2D eigenvalue weighted by Crippen LogP contribution is -1.99. The number of benzene rings is 1. The Kier molecular flexibility index (Phi) is 4.01. The molecule has 0 amide bonds. The van der Waals surface area contributed by atoms with Crippen LogP contribution in [-0.4, -0.2) is 13.1 Å². The Labute approximate surface area is 86.9 Å². The van der Waals surface area contributed by atoms with E-state index in [0.29, 0.717) is 11.3 Å². The van der Waals surface area contributed by atoms with Gasteiger partial charge in [0.15, 0.2) is 0 Å². The van der Waals surface area contributed by atoms with Crippen LogP contribution in [0.5, 0.6) is 5.75 Å². The molecule has 0 radical (unpaired) electrons. The molecule has 0 heterocycles. The van der Waals surface area contributed by atoms with Gasteiger partial charge in [0, 0.05) is 5.54 Å². The molecule has 74 valence electrons. The zero-order valence-electron chi connectivity index (χ0n) is 7.57. The number of hydrogen-bond acceptors (Lipinski definition) is 3. The molecule has 0 saturated carbocycles. The van der Waals surface area contributed by atoms with Gasteiger partial charge in [-0.3, -0.25) is 0 Å². The zero-order valence-corrected chi connectivity index (χ0v) is 8.32. The third kappa shape index (κ3) is 2.78. The van der Waals surface area contributed by atoms with Crippen molar-refractivity contribution in [1.82, 2.24) is 0 Å². The van der Waals surface area contributed by atoms with E-state index in [1.165, 1.54) is 0 Å². The number of rotatable bonds is 3. The molecule has 0 aliphatic heterocycles. The summed E-state index contributed by atoms with van der Waals surface area (Å²) < 4.78 is 9.60. The number of esters is 1. The molecule has 0 spiro atoms. The number of carbonyl (C=O) groups excluding carboxylic acids is 1. The van der Waals surface area contributed by atoms with Crippen LogP contribution in [-0.2, 0) is 4.74 Å². The van der Waals surface area contributed by atoms with E-state index in [1.54, 1.807) is 31.4 Å². The van der Waals surface area contributed by atoms with E-state index in [1.807, 2.05) is 0 Å². The van der Waals surface area contributed by atoms with Crippen LogP contribution in [0.25, 0.3) is 0 Å². The van der Waals surface area contributed by atoms with Crippen LogP contribution in [0.4, 0.5) is 0 Å². The predicted octanol–water partition coefficient (Wildman–Crippen LogP) is 2.56.